The molecule has 0 spiro atoms. The molecule has 7 aromatic heterocycles. The number of hydrogen-bond acceptors (Lipinski definition) is 21. The number of para-hydroxylation sites is 1. The van der Waals surface area contributed by atoms with E-state index in [9.17, 15) is 13.2 Å². The summed E-state index contributed by atoms with van der Waals surface area (Å²) in [4.78, 5) is 44.1. The summed E-state index contributed by atoms with van der Waals surface area (Å²) < 4.78 is 42.6. The number of carbonyl (C=O) groups excluding carboxylic acids is 1. The Morgan fingerprint density at radius 1 is 0.587 bits per heavy atom. The number of aryl methyl sites for hydroxylation is 4. The van der Waals surface area contributed by atoms with Gasteiger partial charge in [0.15, 0.2) is 9.84 Å². The van der Waals surface area contributed by atoms with Crippen LogP contribution in [0.2, 0.25) is 0 Å². The summed E-state index contributed by atoms with van der Waals surface area (Å²) in [6.07, 6.45) is 5.05. The summed E-state index contributed by atoms with van der Waals surface area (Å²) in [6.45, 7) is 15.4. The predicted octanol–water partition coefficient (Wildman–Crippen LogP) is 14.1. The SMILES string of the molecule is C=C(c1ccc(-c2cnc(C)c(-c3nnc(-c4ccccc4)o3)n2)c(C#CC)c1)N(C)C.CC(=O)Nc1ccccc1-c1cnc(C)c(-c2nnc(-c3ccccc3)o2)n1.Cc1ccsc1-c1nnc(-c2nc(-c3ccc(S(=O)(=O)CCN(C)C)cc3)cnc2C)o1.[HH].[HH].[HH].[HH]. The molecule has 1 amide bonds. The van der Waals surface area contributed by atoms with E-state index in [1.165, 1.54) is 18.3 Å². The number of carbonyl (C=O) groups is 1. The fourth-order valence-corrected chi connectivity index (χ4v) is 11.3. The summed E-state index contributed by atoms with van der Waals surface area (Å²) in [5.41, 5.74) is 14.0. The zero-order valence-electron chi connectivity index (χ0n) is 52.2. The average molecular weight is 1270 g/mol. The van der Waals surface area contributed by atoms with E-state index in [1.54, 1.807) is 42.9 Å². The maximum absolute atomic E-state index is 12.5. The molecule has 470 valence electrons. The molecular weight excluding hydrogens is 1200 g/mol. The average Bonchev–Trinajstić information content (AvgIpc) is 1.24. The van der Waals surface area contributed by atoms with Crippen molar-refractivity contribution in [2.75, 3.05) is 45.8 Å². The fourth-order valence-electron chi connectivity index (χ4n) is 9.09. The van der Waals surface area contributed by atoms with Crippen LogP contribution in [0.3, 0.4) is 0 Å². The van der Waals surface area contributed by atoms with Crippen molar-refractivity contribution in [2.45, 2.75) is 46.4 Å². The van der Waals surface area contributed by atoms with E-state index in [0.29, 0.717) is 98.8 Å². The lowest BCUT2D eigenvalue weighted by Crippen LogP contribution is -2.21. The lowest BCUT2D eigenvalue weighted by atomic mass is 10.00. The van der Waals surface area contributed by atoms with E-state index in [0.717, 1.165) is 55.1 Å². The standard InChI is InChI=1S/C26H23N5O.C22H23N5O3S2.C21H17N5O2.4H2/c1-6-10-21-15-20(18(3)31(4)5)13-14-22(21)23-16-27-17(2)24(28-23)26-30-29-25(32-26)19-11-8-7-9-12-19;1-14-9-11-31-20(14)22-26-25-21(30-22)19-15(2)23-13-18(24-19)16-5-7-17(8-6-16)32(28,29)12-10-27(3)4;1-13-19(21-26-25-20(28-21)15-8-4-3-5-9-15)24-18(12-22-13)16-10-6-7-11-17(16)23-14(2)27;;;;/h7-9,11-16H,3H2,1-2,4-5H3;5-9,11,13H,10,12H2,1-4H3;3-12H,1-2H3,(H,23,27);4*1H. The summed E-state index contributed by atoms with van der Waals surface area (Å²) in [6, 6.07) is 41.3. The van der Waals surface area contributed by atoms with Crippen molar-refractivity contribution in [3.8, 4) is 114 Å². The minimum atomic E-state index is -3.34. The Hall–Kier alpha value is -11.1. The fraction of sp³-hybridized carbons (Fsp3) is 0.174. The predicted molar refractivity (Wildman–Crippen MR) is 364 cm³/mol. The smallest absolute Gasteiger partial charge is 0.268 e. The number of rotatable bonds is 16. The number of benzene rings is 5. The molecule has 0 atom stereocenters. The highest BCUT2D eigenvalue weighted by Crippen LogP contribution is 2.34. The van der Waals surface area contributed by atoms with Gasteiger partial charge in [-0.3, -0.25) is 19.7 Å². The van der Waals surface area contributed by atoms with Crippen LogP contribution in [0.5, 0.6) is 0 Å². The lowest BCUT2D eigenvalue weighted by molar-refractivity contribution is -0.114. The van der Waals surface area contributed by atoms with Gasteiger partial charge in [-0.2, -0.15) is 0 Å². The molecule has 0 aliphatic carbocycles. The second kappa shape index (κ2) is 28.6. The third-order valence-electron chi connectivity index (χ3n) is 14.1. The molecule has 0 aliphatic rings. The Kier molecular flexibility index (Phi) is 19.9. The highest BCUT2D eigenvalue weighted by Gasteiger charge is 2.22. The van der Waals surface area contributed by atoms with Crippen LogP contribution in [0.15, 0.2) is 182 Å². The van der Waals surface area contributed by atoms with Gasteiger partial charge in [0.05, 0.1) is 74.0 Å². The zero-order chi connectivity index (χ0) is 65.1. The van der Waals surface area contributed by atoms with Crippen LogP contribution in [0.4, 0.5) is 5.69 Å². The van der Waals surface area contributed by atoms with Crippen molar-refractivity contribution < 1.29 is 32.2 Å². The molecule has 5 aromatic carbocycles. The molecule has 0 radical (unpaired) electrons. The van der Waals surface area contributed by atoms with Crippen molar-refractivity contribution in [3.63, 3.8) is 0 Å². The molecule has 12 aromatic rings. The van der Waals surface area contributed by atoms with E-state index >= 15 is 0 Å². The summed E-state index contributed by atoms with van der Waals surface area (Å²) in [7, 11) is 4.28. The van der Waals surface area contributed by atoms with Crippen LogP contribution in [-0.4, -0.2) is 125 Å². The Bertz CT molecular complexity index is 4810. The molecule has 0 aliphatic heterocycles. The number of aromatic nitrogens is 12. The van der Waals surface area contributed by atoms with Gasteiger partial charge in [0, 0.05) is 72.3 Å². The second-order valence-electron chi connectivity index (χ2n) is 21.3. The first-order valence-corrected chi connectivity index (χ1v) is 31.3. The first-order valence-electron chi connectivity index (χ1n) is 28.8. The van der Waals surface area contributed by atoms with Gasteiger partial charge in [0.1, 0.15) is 17.1 Å². The molecule has 92 heavy (non-hydrogen) atoms. The number of sulfone groups is 1. The quantitative estimate of drug-likeness (QED) is 0.0881. The lowest BCUT2D eigenvalue weighted by Gasteiger charge is -2.17. The van der Waals surface area contributed by atoms with Crippen molar-refractivity contribution >= 4 is 38.5 Å². The molecule has 12 rings (SSSR count). The first kappa shape index (κ1) is 63.9. The minimum absolute atomic E-state index is 0. The van der Waals surface area contributed by atoms with Gasteiger partial charge in [0.2, 0.25) is 17.7 Å². The molecule has 7 heterocycles. The molecule has 0 bridgehead atoms. The van der Waals surface area contributed by atoms with Crippen molar-refractivity contribution in [3.05, 3.63) is 198 Å². The number of hydrogen-bond donors (Lipinski definition) is 1. The Morgan fingerprint density at radius 2 is 1.08 bits per heavy atom. The number of anilines is 1. The van der Waals surface area contributed by atoms with Gasteiger partial charge in [0.25, 0.3) is 23.6 Å². The Labute approximate surface area is 542 Å². The van der Waals surface area contributed by atoms with Crippen LogP contribution < -0.4 is 5.32 Å². The Morgan fingerprint density at radius 3 is 1.59 bits per heavy atom. The maximum atomic E-state index is 12.5. The van der Waals surface area contributed by atoms with E-state index in [1.807, 2.05) is 187 Å². The van der Waals surface area contributed by atoms with Crippen LogP contribution in [0, 0.1) is 39.5 Å². The van der Waals surface area contributed by atoms with Crippen LogP contribution >= 0.6 is 11.3 Å². The topological polar surface area (TPSA) is 264 Å². The van der Waals surface area contributed by atoms with Crippen molar-refractivity contribution in [2.24, 2.45) is 0 Å². The third-order valence-corrected chi connectivity index (χ3v) is 16.8. The minimum Gasteiger partial charge on any atom is -0.415 e. The largest absolute Gasteiger partial charge is 0.415 e. The molecule has 0 saturated carbocycles. The number of nitrogens with one attached hydrogen (secondary N) is 1. The summed E-state index contributed by atoms with van der Waals surface area (Å²) in [5.74, 6) is 8.30. The van der Waals surface area contributed by atoms with E-state index in [4.69, 9.17) is 18.2 Å². The molecular formula is C69H71N15O6S2. The molecule has 0 fully saturated rings. The number of nitrogens with zero attached hydrogens (tertiary/aromatic N) is 14. The van der Waals surface area contributed by atoms with Crippen LogP contribution in [0.25, 0.3) is 108 Å². The molecule has 23 heteroatoms. The van der Waals surface area contributed by atoms with Gasteiger partial charge in [-0.15, -0.1) is 47.8 Å². The van der Waals surface area contributed by atoms with Crippen molar-refractivity contribution in [1.82, 2.24) is 70.3 Å². The molecule has 0 unspecified atom stereocenters. The highest BCUT2D eigenvalue weighted by atomic mass is 32.2. The van der Waals surface area contributed by atoms with Gasteiger partial charge in [-0.25, -0.2) is 23.4 Å². The van der Waals surface area contributed by atoms with Gasteiger partial charge in [-0.05, 0) is 120 Å². The molecule has 21 nitrogen and oxygen atoms in total. The van der Waals surface area contributed by atoms with Gasteiger partial charge >= 0.3 is 0 Å². The monoisotopic (exact) mass is 1270 g/mol. The summed E-state index contributed by atoms with van der Waals surface area (Å²) in [5, 5.41) is 29.8. The van der Waals surface area contributed by atoms with E-state index in [2.05, 4.69) is 79.2 Å². The van der Waals surface area contributed by atoms with Crippen LogP contribution in [0.1, 0.15) is 53.3 Å². The molecule has 1 N–H and O–H groups in total. The van der Waals surface area contributed by atoms with E-state index in [-0.39, 0.29) is 22.3 Å². The first-order chi connectivity index (χ1) is 44.3. The van der Waals surface area contributed by atoms with Gasteiger partial charge in [-0.1, -0.05) is 91.4 Å². The normalized spacial score (nSPS) is 11.0. The zero-order valence-corrected chi connectivity index (χ0v) is 53.8. The van der Waals surface area contributed by atoms with Crippen LogP contribution in [-0.2, 0) is 14.6 Å². The highest BCUT2D eigenvalue weighted by molar-refractivity contribution is 7.91. The van der Waals surface area contributed by atoms with Gasteiger partial charge < -0.3 is 28.4 Å². The van der Waals surface area contributed by atoms with Crippen molar-refractivity contribution in [1.29, 1.82) is 0 Å². The summed E-state index contributed by atoms with van der Waals surface area (Å²) >= 11 is 1.54. The number of amides is 1. The number of thiophene rings is 1. The second-order valence-corrected chi connectivity index (χ2v) is 24.3. The maximum Gasteiger partial charge on any atom is 0.268 e. The van der Waals surface area contributed by atoms with E-state index < -0.39 is 9.84 Å². The third kappa shape index (κ3) is 15.1. The molecule has 0 saturated heterocycles. The Balaban J connectivity index is 0.000000224.